The minimum atomic E-state index is -0.888. The molecule has 0 unspecified atom stereocenters. The largest absolute Gasteiger partial charge is 0.478 e. The Kier molecular flexibility index (Phi) is 3.96. The lowest BCUT2D eigenvalue weighted by molar-refractivity contribution is 0.0694. The van der Waals surface area contributed by atoms with Crippen LogP contribution in [0.15, 0.2) is 30.6 Å². The van der Waals surface area contributed by atoms with Crippen molar-refractivity contribution in [2.75, 3.05) is 5.73 Å². The molecule has 0 aromatic carbocycles. The van der Waals surface area contributed by atoms with Crippen molar-refractivity contribution in [3.63, 3.8) is 0 Å². The summed E-state index contributed by atoms with van der Waals surface area (Å²) in [6, 6.07) is 5.64. The van der Waals surface area contributed by atoms with Gasteiger partial charge in [0, 0.05) is 41.2 Å². The fourth-order valence-electron chi connectivity index (χ4n) is 4.52. The summed E-state index contributed by atoms with van der Waals surface area (Å²) in [7, 11) is 0. The second-order valence-corrected chi connectivity index (χ2v) is 8.23. The number of carboxylic acids is 1. The minimum Gasteiger partial charge on any atom is -0.478 e. The molecular formula is C22H23N5O2. The quantitative estimate of drug-likeness (QED) is 0.543. The van der Waals surface area contributed by atoms with Gasteiger partial charge in [0.1, 0.15) is 5.82 Å². The van der Waals surface area contributed by atoms with Crippen LogP contribution in [-0.2, 0) is 19.3 Å². The smallest absolute Gasteiger partial charge is 0.337 e. The van der Waals surface area contributed by atoms with Crippen LogP contribution in [-0.4, -0.2) is 31.6 Å². The highest BCUT2D eigenvalue weighted by molar-refractivity contribution is 5.94. The zero-order valence-electron chi connectivity index (χ0n) is 16.0. The van der Waals surface area contributed by atoms with E-state index in [4.69, 9.17) is 11.5 Å². The number of nitrogens with zero attached hydrogens (tertiary/aromatic N) is 2. The number of nitrogens with one attached hydrogen (secondary N) is 1. The van der Waals surface area contributed by atoms with Gasteiger partial charge in [0.05, 0.1) is 17.0 Å². The number of hydrogen-bond acceptors (Lipinski definition) is 5. The van der Waals surface area contributed by atoms with E-state index >= 15 is 0 Å². The molecule has 0 atom stereocenters. The topological polar surface area (TPSA) is 131 Å². The lowest BCUT2D eigenvalue weighted by Crippen LogP contribution is -2.48. The van der Waals surface area contributed by atoms with Crippen molar-refractivity contribution in [1.82, 2.24) is 15.0 Å². The zero-order valence-corrected chi connectivity index (χ0v) is 16.0. The van der Waals surface area contributed by atoms with E-state index in [0.29, 0.717) is 24.2 Å². The molecule has 29 heavy (non-hydrogen) atoms. The molecule has 0 amide bonds. The van der Waals surface area contributed by atoms with E-state index in [9.17, 15) is 9.90 Å². The van der Waals surface area contributed by atoms with Crippen molar-refractivity contribution in [1.29, 1.82) is 0 Å². The average Bonchev–Trinajstić information content (AvgIpc) is 3.05. The van der Waals surface area contributed by atoms with Crippen LogP contribution in [0.5, 0.6) is 0 Å². The number of rotatable bonds is 4. The highest BCUT2D eigenvalue weighted by Gasteiger charge is 2.36. The van der Waals surface area contributed by atoms with Gasteiger partial charge in [-0.25, -0.2) is 9.78 Å². The van der Waals surface area contributed by atoms with Crippen molar-refractivity contribution in [3.05, 3.63) is 53.0 Å². The maximum Gasteiger partial charge on any atom is 0.337 e. The summed E-state index contributed by atoms with van der Waals surface area (Å²) in [5.41, 5.74) is 18.5. The van der Waals surface area contributed by atoms with E-state index in [-0.39, 0.29) is 5.54 Å². The van der Waals surface area contributed by atoms with Gasteiger partial charge in [-0.05, 0) is 61.4 Å². The molecule has 6 N–H and O–H groups in total. The van der Waals surface area contributed by atoms with E-state index in [2.05, 4.69) is 15.0 Å². The van der Waals surface area contributed by atoms with Gasteiger partial charge in [0.25, 0.3) is 0 Å². The Morgan fingerprint density at radius 2 is 2.03 bits per heavy atom. The van der Waals surface area contributed by atoms with Crippen molar-refractivity contribution in [2.45, 2.75) is 44.1 Å². The predicted molar refractivity (Wildman–Crippen MR) is 111 cm³/mol. The number of aromatic nitrogens is 3. The first kappa shape index (κ1) is 17.9. The molecule has 2 aliphatic carbocycles. The molecule has 0 radical (unpaired) electrons. The third kappa shape index (κ3) is 2.98. The monoisotopic (exact) mass is 389 g/mol. The number of aromatic carboxylic acids is 1. The van der Waals surface area contributed by atoms with Gasteiger partial charge in [-0.15, -0.1) is 0 Å². The summed E-state index contributed by atoms with van der Waals surface area (Å²) in [5, 5.41) is 9.91. The molecule has 0 spiro atoms. The highest BCUT2D eigenvalue weighted by Crippen LogP contribution is 2.40. The lowest BCUT2D eigenvalue weighted by atomic mass is 9.74. The predicted octanol–water partition coefficient (Wildman–Crippen LogP) is 2.94. The molecule has 1 saturated carbocycles. The lowest BCUT2D eigenvalue weighted by Gasteiger charge is -2.38. The van der Waals surface area contributed by atoms with Gasteiger partial charge >= 0.3 is 5.97 Å². The molecule has 2 aliphatic rings. The van der Waals surface area contributed by atoms with Crippen molar-refractivity contribution in [3.8, 4) is 22.5 Å². The maximum atomic E-state index is 12.1. The number of fused-ring (bicyclic) bond motifs is 3. The van der Waals surface area contributed by atoms with Crippen LogP contribution < -0.4 is 11.5 Å². The fourth-order valence-corrected chi connectivity index (χ4v) is 4.52. The number of carboxylic acid groups (broad SMARTS) is 1. The Morgan fingerprint density at radius 3 is 2.69 bits per heavy atom. The van der Waals surface area contributed by atoms with E-state index in [1.807, 2.05) is 18.3 Å². The number of anilines is 1. The molecule has 3 aromatic heterocycles. The molecule has 3 heterocycles. The summed E-state index contributed by atoms with van der Waals surface area (Å²) in [6.45, 7) is 0. The van der Waals surface area contributed by atoms with E-state index in [1.165, 1.54) is 0 Å². The first-order chi connectivity index (χ1) is 13.9. The number of nitrogen functional groups attached to an aromatic ring is 1. The molecule has 0 bridgehead atoms. The van der Waals surface area contributed by atoms with Gasteiger partial charge in [-0.3, -0.25) is 4.98 Å². The van der Waals surface area contributed by atoms with Crippen LogP contribution in [0.3, 0.4) is 0 Å². The van der Waals surface area contributed by atoms with Crippen LogP contribution in [0.1, 0.15) is 46.4 Å². The normalized spacial score (nSPS) is 16.6. The van der Waals surface area contributed by atoms with Gasteiger partial charge in [0.2, 0.25) is 0 Å². The Labute approximate surface area is 168 Å². The Hall–Kier alpha value is -3.19. The molecule has 7 nitrogen and oxygen atoms in total. The molecule has 148 valence electrons. The van der Waals surface area contributed by atoms with Crippen LogP contribution in [0.4, 0.5) is 5.82 Å². The number of nitrogens with two attached hydrogens (primary N) is 2. The third-order valence-corrected chi connectivity index (χ3v) is 6.26. The number of carbonyl (C=O) groups is 1. The molecule has 3 aromatic rings. The Bertz CT molecular complexity index is 1110. The van der Waals surface area contributed by atoms with Gasteiger partial charge in [-0.2, -0.15) is 0 Å². The van der Waals surface area contributed by atoms with E-state index in [1.54, 1.807) is 12.3 Å². The fraction of sp³-hybridized carbons (Fsp3) is 0.318. The van der Waals surface area contributed by atoms with Crippen LogP contribution in [0, 0.1) is 0 Å². The summed E-state index contributed by atoms with van der Waals surface area (Å²) in [4.78, 5) is 24.2. The van der Waals surface area contributed by atoms with Gasteiger partial charge in [0.15, 0.2) is 0 Å². The molecule has 1 fully saturated rings. The molecule has 0 aliphatic heterocycles. The first-order valence-electron chi connectivity index (χ1n) is 9.91. The van der Waals surface area contributed by atoms with Crippen molar-refractivity contribution >= 4 is 11.8 Å². The van der Waals surface area contributed by atoms with Crippen LogP contribution >= 0.6 is 0 Å². The number of H-pyrrole nitrogens is 1. The van der Waals surface area contributed by atoms with Crippen LogP contribution in [0.25, 0.3) is 22.5 Å². The molecule has 5 rings (SSSR count). The molecule has 7 heteroatoms. The number of aryl methyl sites for hydroxylation is 1. The number of pyridine rings is 2. The number of hydrogen-bond donors (Lipinski definition) is 4. The zero-order chi connectivity index (χ0) is 20.2. The summed E-state index contributed by atoms with van der Waals surface area (Å²) in [5.74, 6) is -0.429. The third-order valence-electron chi connectivity index (χ3n) is 6.26. The van der Waals surface area contributed by atoms with Crippen LogP contribution in [0.2, 0.25) is 0 Å². The average molecular weight is 389 g/mol. The SMILES string of the molecule is Nc1ccc(-c2cc3c(cn2)CCc2c-3[nH]c(CC3(N)CCC3)c2C(=O)O)cn1. The summed E-state index contributed by atoms with van der Waals surface area (Å²) >= 11 is 0. The molecule has 0 saturated heterocycles. The summed E-state index contributed by atoms with van der Waals surface area (Å²) < 4.78 is 0. The van der Waals surface area contributed by atoms with Gasteiger partial charge in [-0.1, -0.05) is 0 Å². The standard InChI is InChI=1S/C22H23N5O2/c23-18-5-3-13(11-26-18)16-8-15-12(10-25-16)2-4-14-19(21(28)29)17(27-20(14)15)9-22(24)6-1-7-22/h3,5,8,10-11,27H,1-2,4,6-7,9,24H2,(H2,23,26)(H,28,29). The van der Waals surface area contributed by atoms with E-state index < -0.39 is 5.97 Å². The minimum absolute atomic E-state index is 0.292. The second-order valence-electron chi connectivity index (χ2n) is 8.23. The Morgan fingerprint density at radius 1 is 1.21 bits per heavy atom. The van der Waals surface area contributed by atoms with Crippen molar-refractivity contribution < 1.29 is 9.90 Å². The second kappa shape index (κ2) is 6.42. The highest BCUT2D eigenvalue weighted by atomic mass is 16.4. The van der Waals surface area contributed by atoms with Gasteiger partial charge < -0.3 is 21.6 Å². The maximum absolute atomic E-state index is 12.1. The number of aromatic amines is 1. The first-order valence-corrected chi connectivity index (χ1v) is 9.91. The van der Waals surface area contributed by atoms with Crippen molar-refractivity contribution in [2.24, 2.45) is 5.73 Å². The Balaban J connectivity index is 1.61. The molecular weight excluding hydrogens is 366 g/mol. The van der Waals surface area contributed by atoms with E-state index in [0.717, 1.165) is 65.0 Å². The summed E-state index contributed by atoms with van der Waals surface area (Å²) in [6.07, 6.45) is 8.56.